The third-order valence-corrected chi connectivity index (χ3v) is 4.00. The molecule has 2 rings (SSSR count). The molecule has 1 aromatic rings. The number of nitrogens with one attached hydrogen (secondary N) is 1. The van der Waals surface area contributed by atoms with E-state index >= 15 is 0 Å². The van der Waals surface area contributed by atoms with Crippen molar-refractivity contribution in [1.29, 1.82) is 0 Å². The summed E-state index contributed by atoms with van der Waals surface area (Å²) < 4.78 is 5.46. The molecule has 1 fully saturated rings. The first-order valence-corrected chi connectivity index (χ1v) is 7.34. The third kappa shape index (κ3) is 3.76. The van der Waals surface area contributed by atoms with E-state index in [0.29, 0.717) is 18.0 Å². The monoisotopic (exact) mass is 266 g/mol. The van der Waals surface area contributed by atoms with E-state index in [-0.39, 0.29) is 0 Å². The van der Waals surface area contributed by atoms with Gasteiger partial charge in [-0.05, 0) is 47.2 Å². The smallest absolute Gasteiger partial charge is 0.231 e. The Bertz CT molecular complexity index is 391. The van der Waals surface area contributed by atoms with Crippen LogP contribution >= 0.6 is 0 Å². The average Bonchev–Trinajstić information content (AvgIpc) is 2.87. The second kappa shape index (κ2) is 6.48. The second-order valence-corrected chi connectivity index (χ2v) is 5.87. The normalized spacial score (nSPS) is 22.9. The summed E-state index contributed by atoms with van der Waals surface area (Å²) in [5.41, 5.74) is 0. The molecule has 0 aliphatic carbocycles. The molecule has 0 spiro atoms. The summed E-state index contributed by atoms with van der Waals surface area (Å²) in [5.74, 6) is 2.05. The van der Waals surface area contributed by atoms with Crippen LogP contribution in [0.3, 0.4) is 0 Å². The molecule has 2 heterocycles. The van der Waals surface area contributed by atoms with Crippen molar-refractivity contribution >= 4 is 0 Å². The predicted octanol–water partition coefficient (Wildman–Crippen LogP) is 1.81. The molecule has 5 nitrogen and oxygen atoms in total. The van der Waals surface area contributed by atoms with Crippen LogP contribution in [0.2, 0.25) is 0 Å². The maximum absolute atomic E-state index is 5.46. The maximum atomic E-state index is 5.46. The summed E-state index contributed by atoms with van der Waals surface area (Å²) in [4.78, 5) is 7.07. The fourth-order valence-electron chi connectivity index (χ4n) is 2.57. The molecular formula is C14H26N4O. The number of aromatic nitrogens is 2. The zero-order chi connectivity index (χ0) is 13.8. The first kappa shape index (κ1) is 14.5. The van der Waals surface area contributed by atoms with E-state index in [2.05, 4.69) is 41.1 Å². The molecule has 0 aromatic carbocycles. The minimum atomic E-state index is 0.379. The largest absolute Gasteiger partial charge is 0.339 e. The lowest BCUT2D eigenvalue weighted by Gasteiger charge is -2.33. The van der Waals surface area contributed by atoms with Crippen molar-refractivity contribution in [1.82, 2.24) is 20.4 Å². The summed E-state index contributed by atoms with van der Waals surface area (Å²) in [7, 11) is 1.95. The van der Waals surface area contributed by atoms with Crippen LogP contribution in [-0.4, -0.2) is 47.3 Å². The number of likely N-dealkylation sites (tertiary alicyclic amines) is 1. The van der Waals surface area contributed by atoms with E-state index in [9.17, 15) is 0 Å². The summed E-state index contributed by atoms with van der Waals surface area (Å²) in [6, 6.07) is 0.971. The van der Waals surface area contributed by atoms with E-state index in [0.717, 1.165) is 31.1 Å². The number of likely N-dealkylation sites (N-methyl/N-ethyl adjacent to an activating group) is 1. The van der Waals surface area contributed by atoms with Gasteiger partial charge in [0.2, 0.25) is 5.89 Å². The maximum Gasteiger partial charge on any atom is 0.231 e. The van der Waals surface area contributed by atoms with Crippen LogP contribution in [0, 0.1) is 0 Å². The topological polar surface area (TPSA) is 54.2 Å². The quantitative estimate of drug-likeness (QED) is 0.881. The predicted molar refractivity (Wildman–Crippen MR) is 75.2 cm³/mol. The van der Waals surface area contributed by atoms with Gasteiger partial charge in [-0.15, -0.1) is 0 Å². The Balaban J connectivity index is 1.97. The van der Waals surface area contributed by atoms with E-state index in [4.69, 9.17) is 4.52 Å². The zero-order valence-corrected chi connectivity index (χ0v) is 12.5. The van der Waals surface area contributed by atoms with Crippen molar-refractivity contribution in [3.63, 3.8) is 0 Å². The molecule has 2 atom stereocenters. The lowest BCUT2D eigenvalue weighted by atomic mass is 9.97. The number of hydrogen-bond donors (Lipinski definition) is 1. The lowest BCUT2D eigenvalue weighted by Crippen LogP contribution is -2.39. The fourth-order valence-corrected chi connectivity index (χ4v) is 2.57. The van der Waals surface area contributed by atoms with Gasteiger partial charge >= 0.3 is 0 Å². The molecule has 0 saturated carbocycles. The van der Waals surface area contributed by atoms with Gasteiger partial charge in [0.15, 0.2) is 5.82 Å². The molecule has 0 bridgehead atoms. The summed E-state index contributed by atoms with van der Waals surface area (Å²) >= 11 is 0. The van der Waals surface area contributed by atoms with Gasteiger partial charge in [0.1, 0.15) is 0 Å². The van der Waals surface area contributed by atoms with Gasteiger partial charge < -0.3 is 14.7 Å². The Morgan fingerprint density at radius 1 is 1.42 bits per heavy atom. The molecular weight excluding hydrogens is 240 g/mol. The minimum Gasteiger partial charge on any atom is -0.339 e. The van der Waals surface area contributed by atoms with Crippen LogP contribution in [0.5, 0.6) is 0 Å². The van der Waals surface area contributed by atoms with Crippen molar-refractivity contribution < 1.29 is 4.52 Å². The molecule has 108 valence electrons. The molecule has 5 heteroatoms. The van der Waals surface area contributed by atoms with E-state index in [1.807, 2.05) is 7.05 Å². The van der Waals surface area contributed by atoms with Crippen LogP contribution < -0.4 is 5.32 Å². The Kier molecular flexibility index (Phi) is 4.93. The Hall–Kier alpha value is -0.940. The Labute approximate surface area is 115 Å². The highest BCUT2D eigenvalue weighted by atomic mass is 16.5. The van der Waals surface area contributed by atoms with Crippen LogP contribution in [0.4, 0.5) is 0 Å². The van der Waals surface area contributed by atoms with Gasteiger partial charge in [0, 0.05) is 25.0 Å². The number of piperidine rings is 1. The Morgan fingerprint density at radius 3 is 2.89 bits per heavy atom. The van der Waals surface area contributed by atoms with Crippen molar-refractivity contribution in [2.24, 2.45) is 0 Å². The molecule has 1 aliphatic heterocycles. The fraction of sp³-hybridized carbons (Fsp3) is 0.857. The molecule has 1 aliphatic rings. The molecule has 1 aromatic heterocycles. The molecule has 2 unspecified atom stereocenters. The zero-order valence-electron chi connectivity index (χ0n) is 12.5. The molecule has 0 radical (unpaired) electrons. The standard InChI is InChI=1S/C14H26N4O/c1-10(2)18-7-5-6-12(9-18)14-16-13(17-19-14)8-11(3)15-4/h10-12,15H,5-9H2,1-4H3. The third-order valence-electron chi connectivity index (χ3n) is 4.00. The molecule has 19 heavy (non-hydrogen) atoms. The van der Waals surface area contributed by atoms with E-state index in [1.54, 1.807) is 0 Å². The van der Waals surface area contributed by atoms with Crippen molar-refractivity contribution in [3.05, 3.63) is 11.7 Å². The van der Waals surface area contributed by atoms with Crippen LogP contribution in [0.1, 0.15) is 51.2 Å². The molecule has 0 amide bonds. The Morgan fingerprint density at radius 2 is 2.21 bits per heavy atom. The van der Waals surface area contributed by atoms with Crippen LogP contribution in [0.15, 0.2) is 4.52 Å². The number of hydrogen-bond acceptors (Lipinski definition) is 5. The van der Waals surface area contributed by atoms with Gasteiger partial charge in [0.05, 0.1) is 5.92 Å². The van der Waals surface area contributed by atoms with Gasteiger partial charge in [0.25, 0.3) is 0 Å². The SMILES string of the molecule is CNC(C)Cc1noc(C2CCCN(C(C)C)C2)n1. The number of nitrogens with zero attached hydrogens (tertiary/aromatic N) is 3. The lowest BCUT2D eigenvalue weighted by molar-refractivity contribution is 0.153. The highest BCUT2D eigenvalue weighted by Gasteiger charge is 2.27. The van der Waals surface area contributed by atoms with Crippen LogP contribution in [-0.2, 0) is 6.42 Å². The van der Waals surface area contributed by atoms with Gasteiger partial charge in [-0.3, -0.25) is 0 Å². The summed E-state index contributed by atoms with van der Waals surface area (Å²) in [5, 5.41) is 7.30. The second-order valence-electron chi connectivity index (χ2n) is 5.87. The van der Waals surface area contributed by atoms with Gasteiger partial charge in [-0.1, -0.05) is 5.16 Å². The average molecular weight is 266 g/mol. The van der Waals surface area contributed by atoms with Crippen molar-refractivity contribution in [2.75, 3.05) is 20.1 Å². The van der Waals surface area contributed by atoms with E-state index in [1.165, 1.54) is 13.0 Å². The molecule has 1 N–H and O–H groups in total. The van der Waals surface area contributed by atoms with Gasteiger partial charge in [-0.2, -0.15) is 4.98 Å². The van der Waals surface area contributed by atoms with Crippen molar-refractivity contribution in [2.45, 2.75) is 58.0 Å². The highest BCUT2D eigenvalue weighted by Crippen LogP contribution is 2.26. The highest BCUT2D eigenvalue weighted by molar-refractivity contribution is 4.98. The van der Waals surface area contributed by atoms with Crippen LogP contribution in [0.25, 0.3) is 0 Å². The first-order chi connectivity index (χ1) is 9.10. The minimum absolute atomic E-state index is 0.379. The molecule has 1 saturated heterocycles. The summed E-state index contributed by atoms with van der Waals surface area (Å²) in [6.45, 7) is 8.84. The van der Waals surface area contributed by atoms with Gasteiger partial charge in [-0.25, -0.2) is 0 Å². The van der Waals surface area contributed by atoms with E-state index < -0.39 is 0 Å². The number of rotatable bonds is 5. The summed E-state index contributed by atoms with van der Waals surface area (Å²) in [6.07, 6.45) is 3.19. The van der Waals surface area contributed by atoms with Crippen molar-refractivity contribution in [3.8, 4) is 0 Å². The first-order valence-electron chi connectivity index (χ1n) is 7.34.